The normalized spacial score (nSPS) is 20.1. The molecule has 108 valence electrons. The summed E-state index contributed by atoms with van der Waals surface area (Å²) in [5.74, 6) is 1.16. The van der Waals surface area contributed by atoms with Gasteiger partial charge in [-0.1, -0.05) is 42.4 Å². The van der Waals surface area contributed by atoms with Crippen molar-refractivity contribution in [2.75, 3.05) is 5.73 Å². The predicted molar refractivity (Wildman–Crippen MR) is 90.7 cm³/mol. The Balaban J connectivity index is 1.96. The molecule has 2 heterocycles. The summed E-state index contributed by atoms with van der Waals surface area (Å²) in [4.78, 5) is 10.1. The van der Waals surface area contributed by atoms with Gasteiger partial charge in [0.15, 0.2) is 5.82 Å². The van der Waals surface area contributed by atoms with Crippen molar-refractivity contribution in [3.8, 4) is 0 Å². The quantitative estimate of drug-likeness (QED) is 0.592. The first-order valence-electron chi connectivity index (χ1n) is 6.89. The first kappa shape index (κ1) is 14.4. The Kier molecular flexibility index (Phi) is 4.17. The van der Waals surface area contributed by atoms with Crippen LogP contribution in [0.2, 0.25) is 5.15 Å². The largest absolute Gasteiger partial charge is 0.399 e. The Labute approximate surface area is 133 Å². The molecule has 0 bridgehead atoms. The van der Waals surface area contributed by atoms with Gasteiger partial charge in [-0.3, -0.25) is 0 Å². The highest BCUT2D eigenvalue weighted by atomic mass is 35.5. The maximum Gasteiger partial charge on any atom is 0.154 e. The van der Waals surface area contributed by atoms with Crippen molar-refractivity contribution in [3.05, 3.63) is 47.1 Å². The molecule has 1 aromatic carbocycles. The molecule has 3 nitrogen and oxygen atoms in total. The lowest BCUT2D eigenvalue weighted by atomic mass is 9.96. The Morgan fingerprint density at radius 2 is 2.19 bits per heavy atom. The van der Waals surface area contributed by atoms with E-state index in [9.17, 15) is 0 Å². The van der Waals surface area contributed by atoms with Crippen molar-refractivity contribution >= 4 is 39.9 Å². The third-order valence-electron chi connectivity index (χ3n) is 3.53. The fourth-order valence-corrected chi connectivity index (χ4v) is 3.74. The number of rotatable bonds is 1. The molecule has 0 amide bonds. The molecule has 1 aromatic heterocycles. The number of pyridine rings is 1. The summed E-state index contributed by atoms with van der Waals surface area (Å²) < 4.78 is 0. The number of nitrogen functional groups attached to an aromatic ring is 1. The molecule has 1 unspecified atom stereocenters. The van der Waals surface area contributed by atoms with E-state index in [4.69, 9.17) is 17.3 Å². The summed E-state index contributed by atoms with van der Waals surface area (Å²) in [5, 5.41) is 1.52. The average molecular weight is 318 g/mol. The van der Waals surface area contributed by atoms with E-state index in [1.54, 1.807) is 17.8 Å². The fourth-order valence-electron chi connectivity index (χ4n) is 2.39. The number of fused-ring (bicyclic) bond motifs is 1. The van der Waals surface area contributed by atoms with Gasteiger partial charge in [0.05, 0.1) is 5.04 Å². The predicted octanol–water partition coefficient (Wildman–Crippen LogP) is 5.04. The van der Waals surface area contributed by atoms with Crippen LogP contribution in [0.4, 0.5) is 11.5 Å². The zero-order valence-electron chi connectivity index (χ0n) is 11.7. The Morgan fingerprint density at radius 3 is 3.00 bits per heavy atom. The van der Waals surface area contributed by atoms with Crippen molar-refractivity contribution in [2.24, 2.45) is 4.99 Å². The average Bonchev–Trinajstić information content (AvgIpc) is 2.58. The number of halogens is 1. The molecule has 1 aliphatic rings. The van der Waals surface area contributed by atoms with Crippen molar-refractivity contribution < 1.29 is 0 Å². The lowest BCUT2D eigenvalue weighted by molar-refractivity contribution is 0.698. The number of nitrogens with two attached hydrogens (primary N) is 1. The highest BCUT2D eigenvalue weighted by Gasteiger charge is 2.19. The lowest BCUT2D eigenvalue weighted by Gasteiger charge is -2.11. The van der Waals surface area contributed by atoms with Crippen LogP contribution >= 0.6 is 23.4 Å². The van der Waals surface area contributed by atoms with E-state index < -0.39 is 0 Å². The number of aliphatic imine (C=N–C) groups is 1. The van der Waals surface area contributed by atoms with Crippen LogP contribution in [-0.2, 0) is 0 Å². The molecule has 21 heavy (non-hydrogen) atoms. The second-order valence-electron chi connectivity index (χ2n) is 5.16. The minimum atomic E-state index is 0.466. The highest BCUT2D eigenvalue weighted by Crippen LogP contribution is 2.38. The number of hydrogen-bond acceptors (Lipinski definition) is 4. The minimum absolute atomic E-state index is 0.466. The van der Waals surface area contributed by atoms with Gasteiger partial charge in [0.2, 0.25) is 0 Å². The standard InChI is InChI=1S/C16H16ClN3S/c1-10-5-8-16(20-15-4-2-3-14(17)19-15)21-13-9-11(18)6-7-12(10)13/h2-4,6-7,9-10H,5,8,18H2,1H3. The van der Waals surface area contributed by atoms with E-state index in [0.29, 0.717) is 16.9 Å². The van der Waals surface area contributed by atoms with Gasteiger partial charge in [0, 0.05) is 10.6 Å². The van der Waals surface area contributed by atoms with E-state index in [1.165, 1.54) is 10.5 Å². The topological polar surface area (TPSA) is 51.3 Å². The van der Waals surface area contributed by atoms with Crippen molar-refractivity contribution in [2.45, 2.75) is 30.6 Å². The van der Waals surface area contributed by atoms with Gasteiger partial charge in [-0.2, -0.15) is 0 Å². The van der Waals surface area contributed by atoms with Gasteiger partial charge < -0.3 is 5.73 Å². The highest BCUT2D eigenvalue weighted by molar-refractivity contribution is 8.14. The maximum atomic E-state index is 5.92. The van der Waals surface area contributed by atoms with Crippen LogP contribution < -0.4 is 5.73 Å². The van der Waals surface area contributed by atoms with Gasteiger partial charge in [0.1, 0.15) is 5.15 Å². The van der Waals surface area contributed by atoms with E-state index in [2.05, 4.69) is 23.0 Å². The molecule has 0 radical (unpaired) electrons. The monoisotopic (exact) mass is 317 g/mol. The number of thioether (sulfide) groups is 1. The summed E-state index contributed by atoms with van der Waals surface area (Å²) >= 11 is 7.60. The van der Waals surface area contributed by atoms with Crippen molar-refractivity contribution in [1.29, 1.82) is 0 Å². The van der Waals surface area contributed by atoms with E-state index in [1.807, 2.05) is 24.3 Å². The molecule has 1 atom stereocenters. The summed E-state index contributed by atoms with van der Waals surface area (Å²) in [6.07, 6.45) is 2.01. The van der Waals surface area contributed by atoms with Crippen LogP contribution in [0.3, 0.4) is 0 Å². The molecule has 0 saturated heterocycles. The number of aromatic nitrogens is 1. The summed E-state index contributed by atoms with van der Waals surface area (Å²) in [6, 6.07) is 11.6. The first-order chi connectivity index (χ1) is 10.1. The molecular formula is C16H16ClN3S. The molecule has 0 aliphatic carbocycles. The lowest BCUT2D eigenvalue weighted by Crippen LogP contribution is -1.94. The molecule has 5 heteroatoms. The Morgan fingerprint density at radius 1 is 1.33 bits per heavy atom. The summed E-state index contributed by atoms with van der Waals surface area (Å²) in [5.41, 5.74) is 8.05. The number of anilines is 1. The van der Waals surface area contributed by atoms with Crippen molar-refractivity contribution in [3.63, 3.8) is 0 Å². The fraction of sp³-hybridized carbons (Fsp3) is 0.250. The molecule has 3 rings (SSSR count). The van der Waals surface area contributed by atoms with Gasteiger partial charge in [0.25, 0.3) is 0 Å². The molecular weight excluding hydrogens is 302 g/mol. The minimum Gasteiger partial charge on any atom is -0.399 e. The zero-order chi connectivity index (χ0) is 14.8. The van der Waals surface area contributed by atoms with E-state index in [0.717, 1.165) is 23.6 Å². The second-order valence-corrected chi connectivity index (χ2v) is 6.67. The van der Waals surface area contributed by atoms with Crippen LogP contribution in [0.1, 0.15) is 31.2 Å². The van der Waals surface area contributed by atoms with E-state index in [-0.39, 0.29) is 0 Å². The van der Waals surface area contributed by atoms with Crippen LogP contribution in [0, 0.1) is 0 Å². The number of nitrogens with zero attached hydrogens (tertiary/aromatic N) is 2. The van der Waals surface area contributed by atoms with Gasteiger partial charge >= 0.3 is 0 Å². The molecule has 0 spiro atoms. The van der Waals surface area contributed by atoms with Gasteiger partial charge in [-0.05, 0) is 48.6 Å². The second kappa shape index (κ2) is 6.08. The molecule has 0 fully saturated rings. The van der Waals surface area contributed by atoms with Gasteiger partial charge in [-0.15, -0.1) is 0 Å². The molecule has 2 N–H and O–H groups in total. The first-order valence-corrected chi connectivity index (χ1v) is 8.08. The third-order valence-corrected chi connectivity index (χ3v) is 4.84. The molecule has 2 aromatic rings. The SMILES string of the molecule is CC1CCC(=Nc2cccc(Cl)n2)Sc2cc(N)ccc21. The Bertz CT molecular complexity index is 700. The zero-order valence-corrected chi connectivity index (χ0v) is 13.3. The van der Waals surface area contributed by atoms with Crippen molar-refractivity contribution in [1.82, 2.24) is 4.98 Å². The van der Waals surface area contributed by atoms with Crippen LogP contribution in [0.15, 0.2) is 46.3 Å². The Hall–Kier alpha value is -1.52. The molecule has 1 aliphatic heterocycles. The number of benzene rings is 1. The number of hydrogen-bond donors (Lipinski definition) is 1. The van der Waals surface area contributed by atoms with Crippen LogP contribution in [0.5, 0.6) is 0 Å². The maximum absolute atomic E-state index is 5.92. The summed E-state index contributed by atoms with van der Waals surface area (Å²) in [7, 11) is 0. The molecule has 0 saturated carbocycles. The van der Waals surface area contributed by atoms with Crippen LogP contribution in [0.25, 0.3) is 0 Å². The summed E-state index contributed by atoms with van der Waals surface area (Å²) in [6.45, 7) is 2.25. The smallest absolute Gasteiger partial charge is 0.154 e. The van der Waals surface area contributed by atoms with Gasteiger partial charge in [-0.25, -0.2) is 9.98 Å². The van der Waals surface area contributed by atoms with Crippen LogP contribution in [-0.4, -0.2) is 10.0 Å². The third kappa shape index (κ3) is 3.39. The van der Waals surface area contributed by atoms with E-state index >= 15 is 0 Å².